The number of aryl methyl sites for hydroxylation is 3. The molecule has 0 bridgehead atoms. The van der Waals surface area contributed by atoms with Gasteiger partial charge in [0.1, 0.15) is 0 Å². The summed E-state index contributed by atoms with van der Waals surface area (Å²) >= 11 is 1.71. The van der Waals surface area contributed by atoms with E-state index in [-0.39, 0.29) is 12.3 Å². The number of aromatic nitrogens is 4. The van der Waals surface area contributed by atoms with Gasteiger partial charge in [-0.1, -0.05) is 11.2 Å². The number of benzene rings is 1. The molecule has 0 saturated carbocycles. The van der Waals surface area contributed by atoms with Crippen LogP contribution in [0.15, 0.2) is 45.2 Å². The van der Waals surface area contributed by atoms with Crippen LogP contribution in [-0.4, -0.2) is 25.8 Å². The third-order valence-corrected chi connectivity index (χ3v) is 5.25. The van der Waals surface area contributed by atoms with Gasteiger partial charge in [0.15, 0.2) is 11.6 Å². The zero-order chi connectivity index (χ0) is 18.8. The molecule has 1 amide bonds. The SMILES string of the molecule is Cc1csc2ccc(CC(=O)Nc3ccn(CCc4noc(=O)[nH]4)n3)cc12. The highest BCUT2D eigenvalue weighted by molar-refractivity contribution is 7.17. The Morgan fingerprint density at radius 1 is 1.37 bits per heavy atom. The number of carbonyl (C=O) groups excluding carboxylic acids is 1. The van der Waals surface area contributed by atoms with Gasteiger partial charge in [0.25, 0.3) is 0 Å². The molecule has 0 radical (unpaired) electrons. The van der Waals surface area contributed by atoms with E-state index in [4.69, 9.17) is 0 Å². The molecule has 27 heavy (non-hydrogen) atoms. The van der Waals surface area contributed by atoms with Crippen molar-refractivity contribution in [2.45, 2.75) is 26.3 Å². The minimum Gasteiger partial charge on any atom is -0.309 e. The molecule has 4 aromatic rings. The number of hydrogen-bond acceptors (Lipinski definition) is 6. The molecular weight excluding hydrogens is 366 g/mol. The fourth-order valence-corrected chi connectivity index (χ4v) is 3.75. The van der Waals surface area contributed by atoms with Crippen molar-refractivity contribution in [2.75, 3.05) is 5.32 Å². The molecule has 0 unspecified atom stereocenters. The van der Waals surface area contributed by atoms with Crippen LogP contribution in [0.2, 0.25) is 0 Å². The van der Waals surface area contributed by atoms with Gasteiger partial charge in [-0.05, 0) is 40.9 Å². The van der Waals surface area contributed by atoms with Crippen molar-refractivity contribution in [1.82, 2.24) is 19.9 Å². The minimum atomic E-state index is -0.575. The number of nitrogens with zero attached hydrogens (tertiary/aromatic N) is 3. The highest BCUT2D eigenvalue weighted by atomic mass is 32.1. The van der Waals surface area contributed by atoms with Crippen LogP contribution in [0.3, 0.4) is 0 Å². The Kier molecular flexibility index (Phi) is 4.59. The second-order valence-electron chi connectivity index (χ2n) is 6.23. The summed E-state index contributed by atoms with van der Waals surface area (Å²) in [6.07, 6.45) is 2.52. The number of aromatic amines is 1. The van der Waals surface area contributed by atoms with Gasteiger partial charge in [-0.25, -0.2) is 4.79 Å². The highest BCUT2D eigenvalue weighted by Gasteiger charge is 2.09. The summed E-state index contributed by atoms with van der Waals surface area (Å²) in [7, 11) is 0. The molecule has 0 atom stereocenters. The van der Waals surface area contributed by atoms with Crippen LogP contribution in [0.1, 0.15) is 17.0 Å². The molecule has 4 rings (SSSR count). The quantitative estimate of drug-likeness (QED) is 0.532. The monoisotopic (exact) mass is 383 g/mol. The van der Waals surface area contributed by atoms with E-state index in [1.54, 1.807) is 28.3 Å². The lowest BCUT2D eigenvalue weighted by Crippen LogP contribution is -2.15. The average Bonchev–Trinajstić information content (AvgIpc) is 3.35. The maximum atomic E-state index is 12.3. The van der Waals surface area contributed by atoms with Gasteiger partial charge in [-0.2, -0.15) is 5.10 Å². The smallest absolute Gasteiger partial charge is 0.309 e. The largest absolute Gasteiger partial charge is 0.438 e. The molecule has 0 saturated heterocycles. The van der Waals surface area contributed by atoms with E-state index in [0.717, 1.165) is 5.56 Å². The van der Waals surface area contributed by atoms with Crippen molar-refractivity contribution in [3.05, 3.63) is 63.3 Å². The van der Waals surface area contributed by atoms with Crippen LogP contribution in [0.5, 0.6) is 0 Å². The van der Waals surface area contributed by atoms with Gasteiger partial charge < -0.3 is 5.32 Å². The molecule has 8 nitrogen and oxygen atoms in total. The number of thiophene rings is 1. The van der Waals surface area contributed by atoms with Crippen LogP contribution in [0, 0.1) is 6.92 Å². The van der Waals surface area contributed by atoms with Crippen molar-refractivity contribution in [2.24, 2.45) is 0 Å². The normalized spacial score (nSPS) is 11.1. The van der Waals surface area contributed by atoms with Crippen molar-refractivity contribution in [1.29, 1.82) is 0 Å². The topological polar surface area (TPSA) is 106 Å². The first-order valence-corrected chi connectivity index (χ1v) is 9.30. The Balaban J connectivity index is 1.35. The van der Waals surface area contributed by atoms with Crippen LogP contribution < -0.4 is 11.1 Å². The number of hydrogen-bond donors (Lipinski definition) is 2. The lowest BCUT2D eigenvalue weighted by Gasteiger charge is -2.04. The van der Waals surface area contributed by atoms with Crippen LogP contribution in [-0.2, 0) is 24.2 Å². The number of H-pyrrole nitrogens is 1. The van der Waals surface area contributed by atoms with E-state index in [2.05, 4.69) is 49.5 Å². The highest BCUT2D eigenvalue weighted by Crippen LogP contribution is 2.26. The third-order valence-electron chi connectivity index (χ3n) is 4.17. The Morgan fingerprint density at radius 3 is 3.07 bits per heavy atom. The van der Waals surface area contributed by atoms with Gasteiger partial charge >= 0.3 is 5.76 Å². The first kappa shape index (κ1) is 17.2. The van der Waals surface area contributed by atoms with Crippen molar-refractivity contribution >= 4 is 33.1 Å². The molecule has 0 aliphatic rings. The van der Waals surface area contributed by atoms with Crippen LogP contribution in [0.4, 0.5) is 5.82 Å². The molecule has 9 heteroatoms. The number of nitrogens with one attached hydrogen (secondary N) is 2. The third kappa shape index (κ3) is 3.98. The molecule has 0 aliphatic heterocycles. The van der Waals surface area contributed by atoms with Crippen molar-refractivity contribution in [3.8, 4) is 0 Å². The molecule has 0 spiro atoms. The van der Waals surface area contributed by atoms with E-state index in [1.807, 2.05) is 6.07 Å². The first-order valence-electron chi connectivity index (χ1n) is 8.42. The molecule has 2 N–H and O–H groups in total. The summed E-state index contributed by atoms with van der Waals surface area (Å²) in [6, 6.07) is 7.83. The molecular formula is C18H17N5O3S. The molecule has 0 aliphatic carbocycles. The van der Waals surface area contributed by atoms with Gasteiger partial charge in [-0.3, -0.25) is 19.0 Å². The number of carbonyl (C=O) groups is 1. The van der Waals surface area contributed by atoms with Gasteiger partial charge in [0.05, 0.1) is 6.42 Å². The van der Waals surface area contributed by atoms with E-state index >= 15 is 0 Å². The summed E-state index contributed by atoms with van der Waals surface area (Å²) in [5, 5.41) is 14.0. The van der Waals surface area contributed by atoms with Crippen LogP contribution in [0.25, 0.3) is 10.1 Å². The van der Waals surface area contributed by atoms with Gasteiger partial charge in [0, 0.05) is 29.9 Å². The molecule has 3 aromatic heterocycles. The molecule has 138 valence electrons. The number of fused-ring (bicyclic) bond motifs is 1. The van der Waals surface area contributed by atoms with E-state index in [9.17, 15) is 9.59 Å². The molecule has 3 heterocycles. The fraction of sp³-hybridized carbons (Fsp3) is 0.222. The maximum absolute atomic E-state index is 12.3. The summed E-state index contributed by atoms with van der Waals surface area (Å²) < 4.78 is 7.34. The predicted octanol–water partition coefficient (Wildman–Crippen LogP) is 2.51. The lowest BCUT2D eigenvalue weighted by atomic mass is 10.1. The number of anilines is 1. The van der Waals surface area contributed by atoms with Gasteiger partial charge in [0.2, 0.25) is 5.91 Å². The van der Waals surface area contributed by atoms with E-state index < -0.39 is 5.76 Å². The number of amides is 1. The van der Waals surface area contributed by atoms with E-state index in [1.165, 1.54) is 15.6 Å². The second-order valence-corrected chi connectivity index (χ2v) is 7.14. The molecule has 1 aromatic carbocycles. The molecule has 0 fully saturated rings. The summed E-state index contributed by atoms with van der Waals surface area (Å²) in [4.78, 5) is 25.7. The van der Waals surface area contributed by atoms with E-state index in [0.29, 0.717) is 24.6 Å². The Morgan fingerprint density at radius 2 is 2.26 bits per heavy atom. The second kappa shape index (κ2) is 7.20. The number of rotatable bonds is 6. The first-order chi connectivity index (χ1) is 13.1. The summed E-state index contributed by atoms with van der Waals surface area (Å²) in [5.41, 5.74) is 2.19. The average molecular weight is 383 g/mol. The lowest BCUT2D eigenvalue weighted by molar-refractivity contribution is -0.115. The Labute approximate surface area is 157 Å². The zero-order valence-corrected chi connectivity index (χ0v) is 15.4. The predicted molar refractivity (Wildman–Crippen MR) is 102 cm³/mol. The van der Waals surface area contributed by atoms with Crippen molar-refractivity contribution in [3.63, 3.8) is 0 Å². The Hall–Kier alpha value is -3.20. The van der Waals surface area contributed by atoms with Crippen LogP contribution >= 0.6 is 11.3 Å². The standard InChI is InChI=1S/C18H17N5O3S/c1-11-10-27-14-3-2-12(8-13(11)14)9-17(24)19-15-4-6-23(21-15)7-5-16-20-18(25)26-22-16/h2-4,6,8,10H,5,7,9H2,1H3,(H,19,21,24)(H,20,22,25). The Bertz CT molecular complexity index is 1150. The summed E-state index contributed by atoms with van der Waals surface area (Å²) in [5.74, 6) is 0.254. The maximum Gasteiger partial charge on any atom is 0.438 e. The van der Waals surface area contributed by atoms with Gasteiger partial charge in [-0.15, -0.1) is 11.3 Å². The fourth-order valence-electron chi connectivity index (χ4n) is 2.83. The zero-order valence-electron chi connectivity index (χ0n) is 14.6. The summed E-state index contributed by atoms with van der Waals surface area (Å²) in [6.45, 7) is 2.58. The minimum absolute atomic E-state index is 0.117. The van der Waals surface area contributed by atoms with Crippen molar-refractivity contribution < 1.29 is 9.32 Å².